The van der Waals surface area contributed by atoms with Crippen LogP contribution < -0.4 is 26.9 Å². The van der Waals surface area contributed by atoms with Gasteiger partial charge in [0.15, 0.2) is 0 Å². The molecule has 46 heavy (non-hydrogen) atoms. The number of rotatable bonds is 11. The first-order chi connectivity index (χ1) is 21.8. The van der Waals surface area contributed by atoms with Crippen molar-refractivity contribution in [2.75, 3.05) is 5.75 Å². The summed E-state index contributed by atoms with van der Waals surface area (Å²) in [4.78, 5) is 54.9. The number of amides is 2. The van der Waals surface area contributed by atoms with Crippen LogP contribution in [0.5, 0.6) is 0 Å². The molecule has 2 aromatic rings. The van der Waals surface area contributed by atoms with Crippen molar-refractivity contribution in [2.45, 2.75) is 64.4 Å². The quantitative estimate of drug-likeness (QED) is 0.164. The Kier molecular flexibility index (Phi) is 9.36. The Labute approximate surface area is 269 Å². The minimum absolute atomic E-state index is 0.0249. The van der Waals surface area contributed by atoms with Gasteiger partial charge in [-0.25, -0.2) is 0 Å². The average molecular weight is 650 g/mol. The molecule has 2 aromatic heterocycles. The van der Waals surface area contributed by atoms with Gasteiger partial charge in [0.1, 0.15) is 6.10 Å². The molecule has 0 aliphatic carbocycles. The van der Waals surface area contributed by atoms with Crippen LogP contribution in [0.4, 0.5) is 0 Å². The van der Waals surface area contributed by atoms with Gasteiger partial charge >= 0.3 is 11.9 Å². The first-order valence-electron chi connectivity index (χ1n) is 15.1. The van der Waals surface area contributed by atoms with Gasteiger partial charge in [-0.3, -0.25) is 19.2 Å². The second-order valence-corrected chi connectivity index (χ2v) is 13.3. The van der Waals surface area contributed by atoms with E-state index in [9.17, 15) is 34.5 Å². The van der Waals surface area contributed by atoms with Crippen LogP contribution in [-0.4, -0.2) is 66.1 Å². The fraction of sp³-hybridized carbons (Fsp3) is 0.394. The molecule has 12 nitrogen and oxygen atoms in total. The Balaban J connectivity index is 1.64. The van der Waals surface area contributed by atoms with E-state index in [4.69, 9.17) is 5.73 Å². The molecule has 0 spiro atoms. The molecule has 0 bridgehead atoms. The van der Waals surface area contributed by atoms with E-state index in [1.807, 2.05) is 31.7 Å². The van der Waals surface area contributed by atoms with Gasteiger partial charge in [0.2, 0.25) is 5.91 Å². The van der Waals surface area contributed by atoms with Gasteiger partial charge in [0.25, 0.3) is 5.91 Å². The molecule has 3 aliphatic heterocycles. The van der Waals surface area contributed by atoms with E-state index >= 15 is 0 Å². The molecule has 5 heterocycles. The Bertz CT molecular complexity index is 1830. The van der Waals surface area contributed by atoms with E-state index in [2.05, 4.69) is 20.6 Å². The third kappa shape index (κ3) is 6.42. The number of nitrogens with two attached hydrogens (primary N) is 1. The molecule has 0 saturated carbocycles. The molecule has 5 atom stereocenters. The maximum Gasteiger partial charge on any atom is 0.307 e. The lowest BCUT2D eigenvalue weighted by atomic mass is 9.92. The van der Waals surface area contributed by atoms with Crippen LogP contribution in [0.2, 0.25) is 0 Å². The molecule has 3 aliphatic rings. The molecule has 13 heteroatoms. The molecule has 2 amide bonds. The maximum absolute atomic E-state index is 12.6. The van der Waals surface area contributed by atoms with Crippen LogP contribution in [0.3, 0.4) is 0 Å². The number of hydrogen-bond donors (Lipinski definition) is 8. The summed E-state index contributed by atoms with van der Waals surface area (Å²) in [5.74, 6) is -1.46. The third-order valence-corrected chi connectivity index (χ3v) is 10.1. The van der Waals surface area contributed by atoms with Crippen molar-refractivity contribution < 1.29 is 34.5 Å². The Morgan fingerprint density at radius 2 is 1.78 bits per heavy atom. The number of allylic oxidation sites excluding steroid dienone is 1. The summed E-state index contributed by atoms with van der Waals surface area (Å²) in [6.07, 6.45) is 6.67. The highest BCUT2D eigenvalue weighted by Gasteiger charge is 2.45. The monoisotopic (exact) mass is 649 g/mol. The zero-order valence-electron chi connectivity index (χ0n) is 26.1. The van der Waals surface area contributed by atoms with E-state index in [-0.39, 0.29) is 42.9 Å². The summed E-state index contributed by atoms with van der Waals surface area (Å²) in [7, 11) is 0. The number of H-pyrrole nitrogens is 2. The van der Waals surface area contributed by atoms with Crippen molar-refractivity contribution in [3.05, 3.63) is 73.5 Å². The fourth-order valence-electron chi connectivity index (χ4n) is 6.46. The Morgan fingerprint density at radius 1 is 1.07 bits per heavy atom. The van der Waals surface area contributed by atoms with E-state index in [1.165, 1.54) is 12.3 Å². The predicted octanol–water partition coefficient (Wildman–Crippen LogP) is 1.22. The molecule has 244 valence electrons. The van der Waals surface area contributed by atoms with Gasteiger partial charge < -0.3 is 41.7 Å². The van der Waals surface area contributed by atoms with Gasteiger partial charge in [-0.05, 0) is 79.1 Å². The van der Waals surface area contributed by atoms with E-state index in [0.29, 0.717) is 55.2 Å². The smallest absolute Gasteiger partial charge is 0.307 e. The number of aromatic nitrogens is 2. The maximum atomic E-state index is 12.6. The fourth-order valence-corrected chi connectivity index (χ4v) is 7.37. The zero-order valence-corrected chi connectivity index (χ0v) is 26.9. The number of aliphatic hydroxyl groups is 1. The Hall–Kier alpha value is -4.49. The summed E-state index contributed by atoms with van der Waals surface area (Å²) in [6.45, 7) is 7.32. The number of thioether (sulfide) groups is 1. The number of aliphatic hydroxyl groups excluding tert-OH is 1. The molecule has 2 fully saturated rings. The number of aromatic amines is 2. The van der Waals surface area contributed by atoms with Crippen LogP contribution in [-0.2, 0) is 25.6 Å². The molecule has 2 saturated heterocycles. The highest BCUT2D eigenvalue weighted by Crippen LogP contribution is 2.46. The van der Waals surface area contributed by atoms with Gasteiger partial charge in [-0.2, -0.15) is 11.8 Å². The minimum atomic E-state index is -1.17. The largest absolute Gasteiger partial charge is 0.481 e. The zero-order chi connectivity index (χ0) is 33.4. The molecule has 5 rings (SSSR count). The van der Waals surface area contributed by atoms with Crippen molar-refractivity contribution >= 4 is 53.7 Å². The van der Waals surface area contributed by atoms with Crippen molar-refractivity contribution in [2.24, 2.45) is 17.6 Å². The van der Waals surface area contributed by atoms with E-state index in [1.54, 1.807) is 26.0 Å². The number of hydrogen-bond acceptors (Lipinski definition) is 7. The molecule has 0 radical (unpaired) electrons. The highest BCUT2D eigenvalue weighted by molar-refractivity contribution is 8.06. The average Bonchev–Trinajstić information content (AvgIpc) is 3.56. The summed E-state index contributed by atoms with van der Waals surface area (Å²) in [6, 6.07) is -0.733. The highest BCUT2D eigenvalue weighted by atomic mass is 32.2. The standard InChI is InChI=1S/C33H39N5O7S/c1-14-18(5-7-26(39)40)22(35-21(14)11-24-28(25-13-46-25)17(4)32(44)37-24)12-23-19(6-8-27(41)42)15(2)29(36-23)31(43)30-16(3)20(9-10-34)33(45)38-30/h5,9-12,17,25,28,30-31,35-36,43H,6-8,13,34H2,1-4H3,(H,37,44)(H,38,45)(H,39,40)(H,41,42)/b10-9?,18-5+,22-12-,24-11-/t17-,25+,28-,30+,31-/m1/s1. The summed E-state index contributed by atoms with van der Waals surface area (Å²) in [5, 5.41) is 37.9. The van der Waals surface area contributed by atoms with Crippen molar-refractivity contribution in [1.82, 2.24) is 20.6 Å². The number of nitrogens with one attached hydrogen (secondary N) is 4. The number of aliphatic carboxylic acids is 2. The van der Waals surface area contributed by atoms with Crippen LogP contribution in [0, 0.1) is 25.7 Å². The van der Waals surface area contributed by atoms with E-state index in [0.717, 1.165) is 17.0 Å². The van der Waals surface area contributed by atoms with Gasteiger partial charge in [0.05, 0.1) is 18.2 Å². The lowest BCUT2D eigenvalue weighted by Gasteiger charge is -2.20. The number of carbonyl (C=O) groups is 4. The lowest BCUT2D eigenvalue weighted by molar-refractivity contribution is -0.137. The number of carboxylic acid groups (broad SMARTS) is 2. The second-order valence-electron chi connectivity index (χ2n) is 12.0. The first kappa shape index (κ1) is 32.9. The topological polar surface area (TPSA) is 211 Å². The van der Waals surface area contributed by atoms with E-state index < -0.39 is 24.1 Å². The second kappa shape index (κ2) is 13.1. The molecule has 0 unspecified atom stereocenters. The van der Waals surface area contributed by atoms with Crippen molar-refractivity contribution in [1.29, 1.82) is 0 Å². The van der Waals surface area contributed by atoms with Crippen LogP contribution >= 0.6 is 11.8 Å². The van der Waals surface area contributed by atoms with Gasteiger partial charge in [-0.15, -0.1) is 0 Å². The SMILES string of the molecule is CC1=C(C=CN)C(=O)N[C@@H]1[C@H](O)c1[nH]c(/C=c2\[nH]c(/C=C3\NC(=O)[C@H](C)[C@H]3[C@@H]3CS3)c(C)\c2=C/CC(=O)O)c(CCC(=O)O)c1C. The summed E-state index contributed by atoms with van der Waals surface area (Å²) < 4.78 is 0. The van der Waals surface area contributed by atoms with Crippen molar-refractivity contribution in [3.63, 3.8) is 0 Å². The normalized spacial score (nSPS) is 25.2. The minimum Gasteiger partial charge on any atom is -0.481 e. The Morgan fingerprint density at radius 3 is 2.41 bits per heavy atom. The molecular weight excluding hydrogens is 610 g/mol. The number of carbonyl (C=O) groups excluding carboxylic acids is 2. The van der Waals surface area contributed by atoms with Crippen LogP contribution in [0.1, 0.15) is 66.6 Å². The van der Waals surface area contributed by atoms with Crippen LogP contribution in [0.15, 0.2) is 29.1 Å². The molecule has 0 aromatic carbocycles. The van der Waals surface area contributed by atoms with Gasteiger partial charge in [0, 0.05) is 57.3 Å². The molecule has 9 N–H and O–H groups in total. The lowest BCUT2D eigenvalue weighted by Crippen LogP contribution is -2.34. The number of carboxylic acids is 2. The summed E-state index contributed by atoms with van der Waals surface area (Å²) in [5.41, 5.74) is 11.1. The van der Waals surface area contributed by atoms with Crippen LogP contribution in [0.25, 0.3) is 18.2 Å². The summed E-state index contributed by atoms with van der Waals surface area (Å²) >= 11 is 1.82. The van der Waals surface area contributed by atoms with Crippen molar-refractivity contribution in [3.8, 4) is 0 Å². The molecular formula is C33H39N5O7S. The third-order valence-electron chi connectivity index (χ3n) is 9.11. The first-order valence-corrected chi connectivity index (χ1v) is 16.1. The van der Waals surface area contributed by atoms with Gasteiger partial charge in [-0.1, -0.05) is 13.0 Å². The predicted molar refractivity (Wildman–Crippen MR) is 174 cm³/mol.